The first-order valence-corrected chi connectivity index (χ1v) is 6.53. The van der Waals surface area contributed by atoms with Crippen molar-refractivity contribution in [3.63, 3.8) is 0 Å². The monoisotopic (exact) mass is 261 g/mol. The third-order valence-electron chi connectivity index (χ3n) is 2.88. The number of nitrogens with two attached hydrogens (primary N) is 1. The van der Waals surface area contributed by atoms with Gasteiger partial charge in [-0.25, -0.2) is 0 Å². The number of ether oxygens (including phenoxy) is 1. The molecule has 0 saturated heterocycles. The third kappa shape index (κ3) is 3.19. The SMILES string of the molecule is CCOC(CC)c1noc(-c2cccc(CN)c2)n1. The van der Waals surface area contributed by atoms with E-state index in [2.05, 4.69) is 10.1 Å². The van der Waals surface area contributed by atoms with Crippen LogP contribution in [0.3, 0.4) is 0 Å². The second-order valence-electron chi connectivity index (χ2n) is 4.21. The van der Waals surface area contributed by atoms with Gasteiger partial charge in [-0.3, -0.25) is 0 Å². The van der Waals surface area contributed by atoms with Crippen molar-refractivity contribution in [3.8, 4) is 11.5 Å². The molecule has 1 aromatic heterocycles. The summed E-state index contributed by atoms with van der Waals surface area (Å²) in [6.07, 6.45) is 0.704. The van der Waals surface area contributed by atoms with Crippen LogP contribution in [-0.4, -0.2) is 16.7 Å². The van der Waals surface area contributed by atoms with E-state index in [1.165, 1.54) is 0 Å². The van der Waals surface area contributed by atoms with E-state index in [0.717, 1.165) is 17.5 Å². The van der Waals surface area contributed by atoms with E-state index in [1.54, 1.807) is 0 Å². The van der Waals surface area contributed by atoms with Gasteiger partial charge in [0.05, 0.1) is 0 Å². The molecule has 0 amide bonds. The summed E-state index contributed by atoms with van der Waals surface area (Å²) in [5.74, 6) is 1.10. The van der Waals surface area contributed by atoms with E-state index in [1.807, 2.05) is 38.1 Å². The van der Waals surface area contributed by atoms with Crippen LogP contribution in [0.2, 0.25) is 0 Å². The van der Waals surface area contributed by atoms with Crippen molar-refractivity contribution >= 4 is 0 Å². The quantitative estimate of drug-likeness (QED) is 0.865. The van der Waals surface area contributed by atoms with Gasteiger partial charge in [0.2, 0.25) is 5.82 Å². The summed E-state index contributed by atoms with van der Waals surface area (Å²) in [6.45, 7) is 5.11. The van der Waals surface area contributed by atoms with Crippen LogP contribution in [0.5, 0.6) is 0 Å². The summed E-state index contributed by atoms with van der Waals surface area (Å²) in [4.78, 5) is 4.40. The molecule has 1 aromatic carbocycles. The molecule has 2 rings (SSSR count). The molecule has 0 fully saturated rings. The lowest BCUT2D eigenvalue weighted by Gasteiger charge is -2.09. The molecule has 102 valence electrons. The van der Waals surface area contributed by atoms with Crippen molar-refractivity contribution in [2.45, 2.75) is 32.9 Å². The normalized spacial score (nSPS) is 12.6. The highest BCUT2D eigenvalue weighted by Gasteiger charge is 2.17. The van der Waals surface area contributed by atoms with Crippen molar-refractivity contribution in [2.24, 2.45) is 5.73 Å². The fraction of sp³-hybridized carbons (Fsp3) is 0.429. The van der Waals surface area contributed by atoms with E-state index in [9.17, 15) is 0 Å². The van der Waals surface area contributed by atoms with Gasteiger partial charge in [0.15, 0.2) is 0 Å². The van der Waals surface area contributed by atoms with Crippen molar-refractivity contribution in [3.05, 3.63) is 35.7 Å². The first-order chi connectivity index (χ1) is 9.28. The van der Waals surface area contributed by atoms with Gasteiger partial charge in [0.1, 0.15) is 6.10 Å². The fourth-order valence-corrected chi connectivity index (χ4v) is 1.89. The summed E-state index contributed by atoms with van der Waals surface area (Å²) in [6, 6.07) is 7.79. The lowest BCUT2D eigenvalue weighted by atomic mass is 10.1. The molecular weight excluding hydrogens is 242 g/mol. The van der Waals surface area contributed by atoms with Gasteiger partial charge >= 0.3 is 0 Å². The zero-order chi connectivity index (χ0) is 13.7. The van der Waals surface area contributed by atoms with Crippen LogP contribution in [-0.2, 0) is 11.3 Å². The zero-order valence-electron chi connectivity index (χ0n) is 11.3. The summed E-state index contributed by atoms with van der Waals surface area (Å²) in [5.41, 5.74) is 7.54. The molecule has 0 bridgehead atoms. The average Bonchev–Trinajstić information content (AvgIpc) is 2.94. The lowest BCUT2D eigenvalue weighted by molar-refractivity contribution is 0.0518. The topological polar surface area (TPSA) is 74.2 Å². The van der Waals surface area contributed by atoms with Crippen LogP contribution in [0.4, 0.5) is 0 Å². The number of hydrogen-bond acceptors (Lipinski definition) is 5. The number of rotatable bonds is 6. The first-order valence-electron chi connectivity index (χ1n) is 6.53. The number of benzene rings is 1. The Balaban J connectivity index is 2.24. The van der Waals surface area contributed by atoms with Crippen LogP contribution >= 0.6 is 0 Å². The zero-order valence-corrected chi connectivity index (χ0v) is 11.3. The highest BCUT2D eigenvalue weighted by atomic mass is 16.5. The molecule has 2 N–H and O–H groups in total. The minimum Gasteiger partial charge on any atom is -0.370 e. The maximum absolute atomic E-state index is 5.62. The van der Waals surface area contributed by atoms with Crippen LogP contribution in [0.1, 0.15) is 37.8 Å². The third-order valence-corrected chi connectivity index (χ3v) is 2.88. The molecule has 0 aliphatic heterocycles. The largest absolute Gasteiger partial charge is 0.370 e. The van der Waals surface area contributed by atoms with Crippen LogP contribution in [0.15, 0.2) is 28.8 Å². The highest BCUT2D eigenvalue weighted by Crippen LogP contribution is 2.23. The number of hydrogen-bond donors (Lipinski definition) is 1. The molecule has 2 aromatic rings. The van der Waals surface area contributed by atoms with E-state index in [0.29, 0.717) is 24.9 Å². The fourth-order valence-electron chi connectivity index (χ4n) is 1.89. The predicted octanol–water partition coefficient (Wildman–Crippen LogP) is 2.68. The Labute approximate surface area is 112 Å². The van der Waals surface area contributed by atoms with E-state index in [-0.39, 0.29) is 6.10 Å². The van der Waals surface area contributed by atoms with Gasteiger partial charge in [-0.15, -0.1) is 0 Å². The van der Waals surface area contributed by atoms with Crippen LogP contribution in [0.25, 0.3) is 11.5 Å². The summed E-state index contributed by atoms with van der Waals surface area (Å²) in [7, 11) is 0. The second kappa shape index (κ2) is 6.45. The molecule has 5 nitrogen and oxygen atoms in total. The van der Waals surface area contributed by atoms with Crippen LogP contribution in [0, 0.1) is 0 Å². The smallest absolute Gasteiger partial charge is 0.258 e. The molecule has 0 saturated carbocycles. The van der Waals surface area contributed by atoms with Gasteiger partial charge < -0.3 is 15.0 Å². The molecule has 1 atom stereocenters. The van der Waals surface area contributed by atoms with Crippen molar-refractivity contribution in [1.29, 1.82) is 0 Å². The Morgan fingerprint density at radius 3 is 2.89 bits per heavy atom. The Morgan fingerprint density at radius 1 is 1.37 bits per heavy atom. The Morgan fingerprint density at radius 2 is 2.21 bits per heavy atom. The van der Waals surface area contributed by atoms with Crippen molar-refractivity contribution in [1.82, 2.24) is 10.1 Å². The molecular formula is C14H19N3O2. The minimum atomic E-state index is -0.111. The standard InChI is InChI=1S/C14H19N3O2/c1-3-12(18-4-2)13-16-14(19-17-13)11-7-5-6-10(8-11)9-15/h5-8,12H,3-4,9,15H2,1-2H3. The summed E-state index contributed by atoms with van der Waals surface area (Å²) >= 11 is 0. The number of nitrogens with zero attached hydrogens (tertiary/aromatic N) is 2. The Hall–Kier alpha value is -1.72. The molecule has 0 aliphatic carbocycles. The minimum absolute atomic E-state index is 0.111. The molecule has 5 heteroatoms. The molecule has 0 aliphatic rings. The van der Waals surface area contributed by atoms with Gasteiger partial charge in [-0.2, -0.15) is 4.98 Å². The number of aromatic nitrogens is 2. The molecule has 1 unspecified atom stereocenters. The summed E-state index contributed by atoms with van der Waals surface area (Å²) in [5, 5.41) is 4.00. The average molecular weight is 261 g/mol. The molecule has 1 heterocycles. The van der Waals surface area contributed by atoms with Crippen molar-refractivity contribution in [2.75, 3.05) is 6.61 Å². The summed E-state index contributed by atoms with van der Waals surface area (Å²) < 4.78 is 10.9. The second-order valence-corrected chi connectivity index (χ2v) is 4.21. The Bertz CT molecular complexity index is 525. The van der Waals surface area contributed by atoms with Crippen molar-refractivity contribution < 1.29 is 9.26 Å². The van der Waals surface area contributed by atoms with Gasteiger partial charge in [-0.05, 0) is 31.0 Å². The highest BCUT2D eigenvalue weighted by molar-refractivity contribution is 5.54. The molecule has 0 spiro atoms. The van der Waals surface area contributed by atoms with E-state index < -0.39 is 0 Å². The van der Waals surface area contributed by atoms with Crippen LogP contribution < -0.4 is 5.73 Å². The maximum atomic E-state index is 5.62. The predicted molar refractivity (Wildman–Crippen MR) is 72.3 cm³/mol. The van der Waals surface area contributed by atoms with Gasteiger partial charge in [0.25, 0.3) is 5.89 Å². The Kier molecular flexibility index (Phi) is 4.65. The van der Waals surface area contributed by atoms with E-state index in [4.69, 9.17) is 15.0 Å². The first kappa shape index (κ1) is 13.7. The molecule has 19 heavy (non-hydrogen) atoms. The van der Waals surface area contributed by atoms with Gasteiger partial charge in [-0.1, -0.05) is 24.2 Å². The van der Waals surface area contributed by atoms with Gasteiger partial charge in [0, 0.05) is 18.7 Å². The maximum Gasteiger partial charge on any atom is 0.258 e. The lowest BCUT2D eigenvalue weighted by Crippen LogP contribution is -2.04. The molecule has 0 radical (unpaired) electrons. The van der Waals surface area contributed by atoms with E-state index >= 15 is 0 Å².